The molecule has 5 nitrogen and oxygen atoms in total. The molecule has 2 saturated carbocycles. The first-order valence-electron chi connectivity index (χ1n) is 8.03. The molecule has 5 heteroatoms. The smallest absolute Gasteiger partial charge is 0.307 e. The van der Waals surface area contributed by atoms with Crippen LogP contribution in [0.3, 0.4) is 0 Å². The Morgan fingerprint density at radius 1 is 1.22 bits per heavy atom. The Morgan fingerprint density at radius 2 is 1.83 bits per heavy atom. The summed E-state index contributed by atoms with van der Waals surface area (Å²) in [5.74, 6) is -2.23. The molecule has 1 aromatic carbocycles. The highest BCUT2D eigenvalue weighted by atomic mass is 16.4. The van der Waals surface area contributed by atoms with Crippen LogP contribution in [0.25, 0.3) is 0 Å². The van der Waals surface area contributed by atoms with E-state index in [-0.39, 0.29) is 11.3 Å². The van der Waals surface area contributed by atoms with E-state index < -0.39 is 29.3 Å². The molecule has 1 amide bonds. The first-order valence-corrected chi connectivity index (χ1v) is 8.03. The molecule has 0 aromatic heterocycles. The average Bonchev–Trinajstić information content (AvgIpc) is 3.40. The lowest BCUT2D eigenvalue weighted by atomic mass is 9.92. The van der Waals surface area contributed by atoms with Gasteiger partial charge in [0.1, 0.15) is 0 Å². The Morgan fingerprint density at radius 3 is 2.30 bits per heavy atom. The molecule has 1 aromatic rings. The zero-order valence-electron chi connectivity index (χ0n) is 13.5. The summed E-state index contributed by atoms with van der Waals surface area (Å²) in [6.45, 7) is 4.00. The van der Waals surface area contributed by atoms with Crippen molar-refractivity contribution < 1.29 is 19.8 Å². The summed E-state index contributed by atoms with van der Waals surface area (Å²) < 4.78 is 0. The van der Waals surface area contributed by atoms with Crippen molar-refractivity contribution in [2.45, 2.75) is 32.8 Å². The number of carboxylic acids is 1. The van der Waals surface area contributed by atoms with Crippen LogP contribution < -0.4 is 5.32 Å². The Bertz CT molecular complexity index is 621. The van der Waals surface area contributed by atoms with E-state index in [0.717, 1.165) is 18.4 Å². The lowest BCUT2D eigenvalue weighted by Crippen LogP contribution is -2.35. The summed E-state index contributed by atoms with van der Waals surface area (Å²) in [5.41, 5.74) is 0.0498. The van der Waals surface area contributed by atoms with Gasteiger partial charge in [0, 0.05) is 12.0 Å². The number of aliphatic carboxylic acids is 1. The molecule has 0 aliphatic heterocycles. The molecule has 2 fully saturated rings. The molecular weight excluding hydrogens is 294 g/mol. The minimum absolute atomic E-state index is 0.214. The fourth-order valence-electron chi connectivity index (χ4n) is 3.66. The zero-order valence-corrected chi connectivity index (χ0v) is 13.5. The van der Waals surface area contributed by atoms with Crippen molar-refractivity contribution in [3.8, 4) is 0 Å². The Labute approximate surface area is 135 Å². The number of hydrogen-bond acceptors (Lipinski definition) is 3. The van der Waals surface area contributed by atoms with E-state index in [1.165, 1.54) is 0 Å². The Hall–Kier alpha value is -1.88. The number of benzene rings is 1. The van der Waals surface area contributed by atoms with Crippen molar-refractivity contribution in [3.63, 3.8) is 0 Å². The number of nitrogens with one attached hydrogen (secondary N) is 1. The van der Waals surface area contributed by atoms with Crippen molar-refractivity contribution in [3.05, 3.63) is 35.9 Å². The first kappa shape index (κ1) is 16.0. The molecule has 3 N–H and O–H groups in total. The molecule has 3 rings (SSSR count). The molecule has 3 atom stereocenters. The number of hydrogen-bond donors (Lipinski definition) is 3. The van der Waals surface area contributed by atoms with Gasteiger partial charge in [0.15, 0.2) is 0 Å². The molecular formula is C18H23NO4. The molecule has 0 radical (unpaired) electrons. The van der Waals surface area contributed by atoms with E-state index in [4.69, 9.17) is 5.11 Å². The third-order valence-electron chi connectivity index (χ3n) is 5.58. The van der Waals surface area contributed by atoms with Crippen LogP contribution in [-0.4, -0.2) is 28.6 Å². The van der Waals surface area contributed by atoms with E-state index in [2.05, 4.69) is 5.32 Å². The third kappa shape index (κ3) is 2.74. The molecule has 0 bridgehead atoms. The van der Waals surface area contributed by atoms with E-state index in [9.17, 15) is 14.7 Å². The minimum Gasteiger partial charge on any atom is -0.481 e. The highest BCUT2D eigenvalue weighted by molar-refractivity contribution is 5.91. The van der Waals surface area contributed by atoms with Crippen LogP contribution in [-0.2, 0) is 9.59 Å². The second-order valence-electron chi connectivity index (χ2n) is 7.51. The Balaban J connectivity index is 1.61. The SMILES string of the molecule is CC1(C)[C@H](C(=O)O)[C@@H]1C(=O)NCC1(C(O)c2ccccc2)CC1. The monoisotopic (exact) mass is 317 g/mol. The van der Waals surface area contributed by atoms with Crippen molar-refractivity contribution in [1.82, 2.24) is 5.32 Å². The largest absolute Gasteiger partial charge is 0.481 e. The summed E-state index contributed by atoms with van der Waals surface area (Å²) >= 11 is 0. The predicted molar refractivity (Wildman–Crippen MR) is 84.5 cm³/mol. The van der Waals surface area contributed by atoms with Crippen molar-refractivity contribution in [2.75, 3.05) is 6.54 Å². The summed E-state index contributed by atoms with van der Waals surface area (Å²) in [6.07, 6.45) is 1.12. The molecule has 1 unspecified atom stereocenters. The van der Waals surface area contributed by atoms with Gasteiger partial charge in [-0.1, -0.05) is 44.2 Å². The molecule has 124 valence electrons. The first-order chi connectivity index (χ1) is 10.8. The van der Waals surface area contributed by atoms with Crippen LogP contribution in [0, 0.1) is 22.7 Å². The van der Waals surface area contributed by atoms with Gasteiger partial charge in [-0.15, -0.1) is 0 Å². The summed E-state index contributed by atoms with van der Waals surface area (Å²) in [6, 6.07) is 9.45. The topological polar surface area (TPSA) is 86.6 Å². The zero-order chi connectivity index (χ0) is 16.8. The van der Waals surface area contributed by atoms with Crippen LogP contribution in [0.1, 0.15) is 38.4 Å². The second kappa shape index (κ2) is 5.34. The predicted octanol–water partition coefficient (Wildman–Crippen LogP) is 1.97. The maximum atomic E-state index is 12.3. The van der Waals surface area contributed by atoms with Crippen LogP contribution in [0.4, 0.5) is 0 Å². The highest BCUT2D eigenvalue weighted by Crippen LogP contribution is 2.59. The van der Waals surface area contributed by atoms with Crippen molar-refractivity contribution in [1.29, 1.82) is 0 Å². The lowest BCUT2D eigenvalue weighted by Gasteiger charge is -2.23. The number of rotatable bonds is 6. The van der Waals surface area contributed by atoms with Gasteiger partial charge in [0.05, 0.1) is 17.9 Å². The van der Waals surface area contributed by atoms with Gasteiger partial charge in [0.25, 0.3) is 0 Å². The molecule has 23 heavy (non-hydrogen) atoms. The lowest BCUT2D eigenvalue weighted by molar-refractivity contribution is -0.140. The number of carboxylic acid groups (broad SMARTS) is 1. The van der Waals surface area contributed by atoms with Crippen LogP contribution >= 0.6 is 0 Å². The molecule has 0 heterocycles. The standard InChI is InChI=1S/C18H23NO4/c1-17(2)12(13(17)16(22)23)15(21)19-10-18(8-9-18)14(20)11-6-4-3-5-7-11/h3-7,12-14,20H,8-10H2,1-2H3,(H,19,21)(H,22,23)/t12-,13+,14?/m1/s1. The van der Waals surface area contributed by atoms with Gasteiger partial charge in [-0.05, 0) is 23.8 Å². The van der Waals surface area contributed by atoms with Gasteiger partial charge in [-0.25, -0.2) is 0 Å². The van der Waals surface area contributed by atoms with Gasteiger partial charge < -0.3 is 15.5 Å². The number of aliphatic hydroxyl groups excluding tert-OH is 1. The van der Waals surface area contributed by atoms with E-state index in [0.29, 0.717) is 6.54 Å². The van der Waals surface area contributed by atoms with Crippen LogP contribution in [0.2, 0.25) is 0 Å². The second-order valence-corrected chi connectivity index (χ2v) is 7.51. The van der Waals surface area contributed by atoms with Gasteiger partial charge >= 0.3 is 5.97 Å². The van der Waals surface area contributed by atoms with Crippen LogP contribution in [0.5, 0.6) is 0 Å². The maximum absolute atomic E-state index is 12.3. The number of carbonyl (C=O) groups excluding carboxylic acids is 1. The van der Waals surface area contributed by atoms with Crippen LogP contribution in [0.15, 0.2) is 30.3 Å². The fraction of sp³-hybridized carbons (Fsp3) is 0.556. The molecule has 2 aliphatic carbocycles. The summed E-state index contributed by atoms with van der Waals surface area (Å²) in [7, 11) is 0. The number of carbonyl (C=O) groups is 2. The number of amides is 1. The van der Waals surface area contributed by atoms with E-state index in [1.54, 1.807) is 0 Å². The molecule has 2 aliphatic rings. The van der Waals surface area contributed by atoms with Crippen molar-refractivity contribution in [2.24, 2.45) is 22.7 Å². The highest BCUT2D eigenvalue weighted by Gasteiger charge is 2.66. The van der Waals surface area contributed by atoms with Crippen molar-refractivity contribution >= 4 is 11.9 Å². The molecule has 0 saturated heterocycles. The van der Waals surface area contributed by atoms with Gasteiger partial charge in [0.2, 0.25) is 5.91 Å². The number of aliphatic hydroxyl groups is 1. The molecule has 0 spiro atoms. The van der Waals surface area contributed by atoms with E-state index in [1.807, 2.05) is 44.2 Å². The Kier molecular flexibility index (Phi) is 3.71. The van der Waals surface area contributed by atoms with Gasteiger partial charge in [-0.2, -0.15) is 0 Å². The van der Waals surface area contributed by atoms with E-state index >= 15 is 0 Å². The summed E-state index contributed by atoms with van der Waals surface area (Å²) in [5, 5.41) is 22.6. The van der Waals surface area contributed by atoms with Gasteiger partial charge in [-0.3, -0.25) is 9.59 Å². The average molecular weight is 317 g/mol. The fourth-order valence-corrected chi connectivity index (χ4v) is 3.66. The minimum atomic E-state index is -0.916. The quantitative estimate of drug-likeness (QED) is 0.749. The normalized spacial score (nSPS) is 27.8. The third-order valence-corrected chi connectivity index (χ3v) is 5.58. The summed E-state index contributed by atoms with van der Waals surface area (Å²) in [4.78, 5) is 23.5. The maximum Gasteiger partial charge on any atom is 0.307 e.